The van der Waals surface area contributed by atoms with Gasteiger partial charge in [0.1, 0.15) is 5.69 Å². The van der Waals surface area contributed by atoms with Gasteiger partial charge >= 0.3 is 0 Å². The van der Waals surface area contributed by atoms with Crippen molar-refractivity contribution < 1.29 is 9.53 Å². The molecule has 3 heterocycles. The Hall–Kier alpha value is -3.84. The van der Waals surface area contributed by atoms with E-state index in [9.17, 15) is 4.79 Å². The summed E-state index contributed by atoms with van der Waals surface area (Å²) in [5.41, 5.74) is 11.9. The Morgan fingerprint density at radius 3 is 2.72 bits per heavy atom. The predicted molar refractivity (Wildman–Crippen MR) is 127 cm³/mol. The van der Waals surface area contributed by atoms with E-state index >= 15 is 0 Å². The van der Waals surface area contributed by atoms with Crippen molar-refractivity contribution in [1.82, 2.24) is 14.8 Å². The number of rotatable bonds is 5. The molecule has 7 heteroatoms. The molecule has 0 spiro atoms. The van der Waals surface area contributed by atoms with E-state index in [1.807, 2.05) is 55.7 Å². The van der Waals surface area contributed by atoms with Crippen LogP contribution in [0.1, 0.15) is 21.7 Å². The van der Waals surface area contributed by atoms with Crippen molar-refractivity contribution in [2.24, 2.45) is 12.8 Å². The summed E-state index contributed by atoms with van der Waals surface area (Å²) < 4.78 is 7.27. The fourth-order valence-corrected chi connectivity index (χ4v) is 4.28. The van der Waals surface area contributed by atoms with Crippen LogP contribution in [0.3, 0.4) is 0 Å². The number of primary amides is 1. The summed E-state index contributed by atoms with van der Waals surface area (Å²) in [4.78, 5) is 14.5. The highest BCUT2D eigenvalue weighted by molar-refractivity contribution is 6.00. The van der Waals surface area contributed by atoms with E-state index < -0.39 is 5.91 Å². The largest absolute Gasteiger partial charge is 0.378 e. The number of morpholine rings is 1. The number of nitrogens with one attached hydrogen (secondary N) is 1. The second kappa shape index (κ2) is 8.36. The van der Waals surface area contributed by atoms with Crippen LogP contribution in [0.15, 0.2) is 54.7 Å². The summed E-state index contributed by atoms with van der Waals surface area (Å²) in [6.45, 7) is 3.10. The van der Waals surface area contributed by atoms with Gasteiger partial charge in [-0.3, -0.25) is 9.89 Å². The maximum Gasteiger partial charge on any atom is 0.265 e. The average molecular weight is 428 g/mol. The van der Waals surface area contributed by atoms with Crippen molar-refractivity contribution in [3.05, 3.63) is 71.7 Å². The van der Waals surface area contributed by atoms with Crippen LogP contribution in [-0.2, 0) is 11.8 Å². The van der Waals surface area contributed by atoms with Gasteiger partial charge < -0.3 is 19.9 Å². The zero-order valence-electron chi connectivity index (χ0n) is 17.9. The molecule has 1 aliphatic rings. The van der Waals surface area contributed by atoms with Crippen LogP contribution in [0.5, 0.6) is 0 Å². The first-order valence-electron chi connectivity index (χ1n) is 10.7. The smallest absolute Gasteiger partial charge is 0.265 e. The molecule has 5 rings (SSSR count). The van der Waals surface area contributed by atoms with E-state index in [1.54, 1.807) is 4.57 Å². The summed E-state index contributed by atoms with van der Waals surface area (Å²) in [5.74, 6) is -0.447. The number of para-hydroxylation sites is 1. The second-order valence-corrected chi connectivity index (χ2v) is 7.91. The molecule has 3 N–H and O–H groups in total. The third kappa shape index (κ3) is 3.67. The highest BCUT2D eigenvalue weighted by Crippen LogP contribution is 2.33. The van der Waals surface area contributed by atoms with Gasteiger partial charge in [0.15, 0.2) is 0 Å². The number of hydrogen-bond acceptors (Lipinski definition) is 4. The minimum atomic E-state index is -0.447. The van der Waals surface area contributed by atoms with Crippen LogP contribution in [-0.4, -0.2) is 47.0 Å². The quantitative estimate of drug-likeness (QED) is 0.509. The Kier molecular flexibility index (Phi) is 5.25. The Bertz CT molecular complexity index is 1310. The number of carbonyl (C=O) groups excluding carboxylic acids is 1. The van der Waals surface area contributed by atoms with Crippen molar-refractivity contribution in [3.63, 3.8) is 0 Å². The van der Waals surface area contributed by atoms with Crippen LogP contribution >= 0.6 is 0 Å². The predicted octanol–water partition coefficient (Wildman–Crippen LogP) is 3.67. The van der Waals surface area contributed by atoms with Crippen molar-refractivity contribution in [2.45, 2.75) is 0 Å². The number of hydrogen-bond donors (Lipinski definition) is 2. The number of nitrogens with two attached hydrogens (primary N) is 1. The van der Waals surface area contributed by atoms with E-state index in [2.05, 4.69) is 33.3 Å². The molecule has 2 aromatic heterocycles. The number of aromatic amines is 1. The minimum Gasteiger partial charge on any atom is -0.378 e. The molecule has 1 fully saturated rings. The van der Waals surface area contributed by atoms with Gasteiger partial charge in [-0.2, -0.15) is 5.10 Å². The van der Waals surface area contributed by atoms with Crippen molar-refractivity contribution >= 4 is 34.6 Å². The molecular formula is C25H25N5O2. The van der Waals surface area contributed by atoms with Gasteiger partial charge in [-0.1, -0.05) is 30.3 Å². The first kappa shape index (κ1) is 20.1. The first-order chi connectivity index (χ1) is 15.6. The molecule has 0 radical (unpaired) electrons. The van der Waals surface area contributed by atoms with Crippen molar-refractivity contribution in [1.29, 1.82) is 0 Å². The lowest BCUT2D eigenvalue weighted by molar-refractivity contribution is 0.0993. The van der Waals surface area contributed by atoms with Gasteiger partial charge in [-0.15, -0.1) is 0 Å². The molecule has 2 aromatic carbocycles. The summed E-state index contributed by atoms with van der Waals surface area (Å²) in [6, 6.07) is 16.3. The first-order valence-corrected chi connectivity index (χ1v) is 10.7. The number of aryl methyl sites for hydroxylation is 1. The van der Waals surface area contributed by atoms with Crippen molar-refractivity contribution in [3.8, 4) is 11.1 Å². The molecular weight excluding hydrogens is 402 g/mol. The number of ether oxygens (including phenoxy) is 1. The Morgan fingerprint density at radius 2 is 1.91 bits per heavy atom. The molecule has 1 saturated heterocycles. The number of amides is 1. The molecule has 1 aliphatic heterocycles. The zero-order chi connectivity index (χ0) is 22.1. The molecule has 0 aliphatic carbocycles. The van der Waals surface area contributed by atoms with Gasteiger partial charge in [0.25, 0.3) is 5.91 Å². The maximum absolute atomic E-state index is 12.2. The third-order valence-corrected chi connectivity index (χ3v) is 5.93. The SMILES string of the molecule is Cn1ccc(-c2cc(N3CCOCC3)ccc2C=Cc2n[nH]c3ccccc23)c1C(N)=O. The lowest BCUT2D eigenvalue weighted by Crippen LogP contribution is -2.36. The van der Waals surface area contributed by atoms with Gasteiger partial charge in [0, 0.05) is 43.0 Å². The fourth-order valence-electron chi connectivity index (χ4n) is 4.28. The standard InChI is InChI=1S/C25H25N5O2/c1-29-11-10-19(24(29)25(26)31)21-16-18(30-12-14-32-15-13-30)8-6-17(21)7-9-23-20-4-2-3-5-22(20)27-28-23/h2-11,16H,12-15H2,1H3,(H2,26,31)(H,27,28). The van der Waals surface area contributed by atoms with Crippen LogP contribution in [0.25, 0.3) is 34.2 Å². The molecule has 0 unspecified atom stereocenters. The normalized spacial score (nSPS) is 14.5. The zero-order valence-corrected chi connectivity index (χ0v) is 17.9. The van der Waals surface area contributed by atoms with Gasteiger partial charge in [0.05, 0.1) is 24.4 Å². The molecule has 1 amide bonds. The van der Waals surface area contributed by atoms with E-state index in [-0.39, 0.29) is 0 Å². The summed E-state index contributed by atoms with van der Waals surface area (Å²) in [6.07, 6.45) is 5.91. The maximum atomic E-state index is 12.2. The number of anilines is 1. The van der Waals surface area contributed by atoms with E-state index in [0.29, 0.717) is 18.9 Å². The van der Waals surface area contributed by atoms with Crippen LogP contribution in [0.2, 0.25) is 0 Å². The third-order valence-electron chi connectivity index (χ3n) is 5.93. The van der Waals surface area contributed by atoms with Crippen LogP contribution in [0, 0.1) is 0 Å². The van der Waals surface area contributed by atoms with E-state index in [0.717, 1.165) is 52.1 Å². The molecule has 0 saturated carbocycles. The lowest BCUT2D eigenvalue weighted by atomic mass is 9.97. The second-order valence-electron chi connectivity index (χ2n) is 7.91. The topological polar surface area (TPSA) is 89.2 Å². The highest BCUT2D eigenvalue weighted by atomic mass is 16.5. The van der Waals surface area contributed by atoms with Gasteiger partial charge in [-0.25, -0.2) is 0 Å². The Labute approximate surface area is 186 Å². The van der Waals surface area contributed by atoms with Gasteiger partial charge in [0.2, 0.25) is 0 Å². The summed E-state index contributed by atoms with van der Waals surface area (Å²) >= 11 is 0. The monoisotopic (exact) mass is 427 g/mol. The molecule has 0 bridgehead atoms. The molecule has 0 atom stereocenters. The van der Waals surface area contributed by atoms with Crippen LogP contribution in [0.4, 0.5) is 5.69 Å². The molecule has 32 heavy (non-hydrogen) atoms. The summed E-state index contributed by atoms with van der Waals surface area (Å²) in [5, 5.41) is 8.57. The number of carbonyl (C=O) groups is 1. The molecule has 7 nitrogen and oxygen atoms in total. The Balaban J connectivity index is 1.61. The van der Waals surface area contributed by atoms with Crippen molar-refractivity contribution in [2.75, 3.05) is 31.2 Å². The number of benzene rings is 2. The van der Waals surface area contributed by atoms with Crippen LogP contribution < -0.4 is 10.6 Å². The average Bonchev–Trinajstić information content (AvgIpc) is 3.41. The number of aromatic nitrogens is 3. The van der Waals surface area contributed by atoms with E-state index in [1.165, 1.54) is 0 Å². The molecule has 162 valence electrons. The minimum absolute atomic E-state index is 0.447. The highest BCUT2D eigenvalue weighted by Gasteiger charge is 2.19. The lowest BCUT2D eigenvalue weighted by Gasteiger charge is -2.29. The molecule has 4 aromatic rings. The van der Waals surface area contributed by atoms with Gasteiger partial charge in [-0.05, 0) is 41.5 Å². The van der Waals surface area contributed by atoms with E-state index in [4.69, 9.17) is 10.5 Å². The number of fused-ring (bicyclic) bond motifs is 1. The summed E-state index contributed by atoms with van der Waals surface area (Å²) in [7, 11) is 1.83. The fraction of sp³-hybridized carbons (Fsp3) is 0.200. The Morgan fingerprint density at radius 1 is 1.09 bits per heavy atom. The number of nitrogens with zero attached hydrogens (tertiary/aromatic N) is 3. The number of H-pyrrole nitrogens is 1.